The predicted octanol–water partition coefficient (Wildman–Crippen LogP) is 2.05. The minimum atomic E-state index is -0.860. The summed E-state index contributed by atoms with van der Waals surface area (Å²) in [6, 6.07) is -5.89. The molecular formula is C50H86N10O8. The second-order valence-electron chi connectivity index (χ2n) is 22.4. The molecule has 0 bridgehead atoms. The van der Waals surface area contributed by atoms with E-state index in [4.69, 9.17) is 0 Å². The molecule has 0 unspecified atom stereocenters. The number of amides is 8. The molecule has 0 aromatic rings. The molecule has 0 aromatic heterocycles. The molecule has 3 saturated heterocycles. The molecule has 384 valence electrons. The van der Waals surface area contributed by atoms with Gasteiger partial charge in [-0.3, -0.25) is 38.4 Å². The van der Waals surface area contributed by atoms with E-state index < -0.39 is 59.2 Å². The minimum Gasteiger partial charge on any atom is -0.342 e. The maximum Gasteiger partial charge on any atom is 0.246 e. The first-order valence-corrected chi connectivity index (χ1v) is 25.8. The van der Waals surface area contributed by atoms with Crippen molar-refractivity contribution in [1.29, 1.82) is 0 Å². The fourth-order valence-corrected chi connectivity index (χ4v) is 10.8. The molecule has 0 spiro atoms. The molecule has 68 heavy (non-hydrogen) atoms. The summed E-state index contributed by atoms with van der Waals surface area (Å²) in [5.74, 6) is -2.53. The summed E-state index contributed by atoms with van der Waals surface area (Å²) < 4.78 is 0. The van der Waals surface area contributed by atoms with Gasteiger partial charge in [-0.2, -0.15) is 0 Å². The summed E-state index contributed by atoms with van der Waals surface area (Å²) in [5, 5.41) is 18.0. The van der Waals surface area contributed by atoms with Crippen molar-refractivity contribution in [2.75, 3.05) is 53.4 Å². The van der Waals surface area contributed by atoms with Crippen molar-refractivity contribution in [3.05, 3.63) is 0 Å². The Balaban J connectivity index is 1.27. The van der Waals surface area contributed by atoms with Crippen LogP contribution >= 0.6 is 0 Å². The van der Waals surface area contributed by atoms with E-state index in [-0.39, 0.29) is 85.3 Å². The fraction of sp³-hybridized carbons (Fsp3) is 0.840. The summed E-state index contributed by atoms with van der Waals surface area (Å²) in [4.78, 5) is 119. The van der Waals surface area contributed by atoms with Gasteiger partial charge in [-0.15, -0.1) is 0 Å². The quantitative estimate of drug-likeness (QED) is 0.132. The van der Waals surface area contributed by atoms with E-state index in [1.807, 2.05) is 41.5 Å². The van der Waals surface area contributed by atoms with Crippen LogP contribution in [0.2, 0.25) is 0 Å². The van der Waals surface area contributed by atoms with Crippen LogP contribution in [0.15, 0.2) is 0 Å². The summed E-state index contributed by atoms with van der Waals surface area (Å²) >= 11 is 0. The molecule has 18 nitrogen and oxygen atoms in total. The predicted molar refractivity (Wildman–Crippen MR) is 259 cm³/mol. The summed E-state index contributed by atoms with van der Waals surface area (Å²) in [6.45, 7) is 16.5. The number of nitrogens with zero attached hydrogens (tertiary/aromatic N) is 4. The molecule has 3 aliphatic heterocycles. The molecule has 8 atom stereocenters. The first kappa shape index (κ1) is 54.6. The lowest BCUT2D eigenvalue weighted by Crippen LogP contribution is -2.63. The Hall–Kier alpha value is -4.32. The van der Waals surface area contributed by atoms with E-state index >= 15 is 0 Å². The van der Waals surface area contributed by atoms with Crippen molar-refractivity contribution in [1.82, 2.24) is 51.5 Å². The number of nitrogens with one attached hydrogen (secondary N) is 6. The lowest BCUT2D eigenvalue weighted by molar-refractivity contribution is -0.148. The standard InChI is InChI=1S/C50H86N10O8/c1-31(51-9)41(61)55-39(49(3,4)5)47(67)59-25-17-23-35(59)43(63)53-37(33-19-13-11-14-20-33)45(65)57-27-29-58(30-28-57)46(66)38(34-21-15-12-16-22-34)54-44(64)36-24-18-26-60(36)48(68)40(50(6,7)8)56-42(62)32(2)52-10/h31-40,51-52H,11-30H2,1-10H3,(H,53,63)(H,54,64)(H,55,61)(H,56,62)/t31-,32-,35-,36-,37-,38-,39+,40+/m0/s1. The lowest BCUT2D eigenvalue weighted by atomic mass is 9.82. The van der Waals surface area contributed by atoms with Gasteiger partial charge in [0.05, 0.1) is 12.1 Å². The molecule has 5 fully saturated rings. The summed E-state index contributed by atoms with van der Waals surface area (Å²) in [5.41, 5.74) is -1.26. The monoisotopic (exact) mass is 955 g/mol. The maximum absolute atomic E-state index is 14.6. The van der Waals surface area contributed by atoms with Crippen molar-refractivity contribution >= 4 is 47.3 Å². The summed E-state index contributed by atoms with van der Waals surface area (Å²) in [6.07, 6.45) is 11.2. The first-order valence-electron chi connectivity index (χ1n) is 25.8. The van der Waals surface area contributed by atoms with Crippen LogP contribution in [0.3, 0.4) is 0 Å². The van der Waals surface area contributed by atoms with Crippen molar-refractivity contribution < 1.29 is 38.4 Å². The Morgan fingerprint density at radius 3 is 1.04 bits per heavy atom. The van der Waals surface area contributed by atoms with Gasteiger partial charge in [-0.05, 0) is 102 Å². The molecule has 0 aromatic carbocycles. The Labute approximate surface area is 405 Å². The highest BCUT2D eigenvalue weighted by molar-refractivity contribution is 5.97. The Morgan fingerprint density at radius 2 is 0.750 bits per heavy atom. The molecule has 5 rings (SSSR count). The molecular weight excluding hydrogens is 869 g/mol. The zero-order valence-electron chi connectivity index (χ0n) is 43.0. The third kappa shape index (κ3) is 13.5. The number of hydrogen-bond donors (Lipinski definition) is 6. The zero-order chi connectivity index (χ0) is 50.1. The SMILES string of the molecule is CN[C@@H](C)C(=O)N[C@H](C(=O)N1CCC[C@H]1C(=O)N[C@H](C(=O)N1CCN(C(=O)[C@@H](NC(=O)[C@@H]2CCCN2C(=O)[C@@H](NC(=O)[C@H](C)NC)C(C)(C)C)C2CCCCC2)CC1)C1CCCCC1)C(C)(C)C. The molecule has 2 aliphatic carbocycles. The number of carbonyl (C=O) groups excluding carboxylic acids is 8. The van der Waals surface area contributed by atoms with Crippen molar-refractivity contribution in [2.45, 2.75) is 194 Å². The topological polar surface area (TPSA) is 222 Å². The average molecular weight is 955 g/mol. The van der Waals surface area contributed by atoms with Gasteiger partial charge in [0.2, 0.25) is 47.3 Å². The smallest absolute Gasteiger partial charge is 0.246 e. The number of piperazine rings is 1. The maximum atomic E-state index is 14.6. The van der Waals surface area contributed by atoms with Crippen LogP contribution < -0.4 is 31.9 Å². The summed E-state index contributed by atoms with van der Waals surface area (Å²) in [7, 11) is 3.35. The molecule has 0 radical (unpaired) electrons. The Kier molecular flexibility index (Phi) is 19.3. The highest BCUT2D eigenvalue weighted by atomic mass is 16.2. The number of hydrogen-bond acceptors (Lipinski definition) is 10. The molecule has 3 heterocycles. The van der Waals surface area contributed by atoms with Gasteiger partial charge in [0.25, 0.3) is 0 Å². The molecule has 2 saturated carbocycles. The zero-order valence-corrected chi connectivity index (χ0v) is 43.0. The molecule has 18 heteroatoms. The average Bonchev–Trinajstić information content (AvgIpc) is 4.03. The van der Waals surface area contributed by atoms with E-state index in [0.29, 0.717) is 38.8 Å². The van der Waals surface area contributed by atoms with Crippen molar-refractivity contribution in [3.8, 4) is 0 Å². The number of likely N-dealkylation sites (tertiary alicyclic amines) is 2. The van der Waals surface area contributed by atoms with Crippen LogP contribution in [0.1, 0.15) is 145 Å². The van der Waals surface area contributed by atoms with E-state index in [1.165, 1.54) is 0 Å². The van der Waals surface area contributed by atoms with E-state index in [1.54, 1.807) is 47.5 Å². The lowest BCUT2D eigenvalue weighted by Gasteiger charge is -2.41. The normalized spacial score (nSPS) is 23.7. The van der Waals surface area contributed by atoms with Crippen molar-refractivity contribution in [3.63, 3.8) is 0 Å². The van der Waals surface area contributed by atoms with E-state index in [2.05, 4.69) is 31.9 Å². The third-order valence-corrected chi connectivity index (χ3v) is 15.4. The van der Waals surface area contributed by atoms with E-state index in [9.17, 15) is 38.4 Å². The van der Waals surface area contributed by atoms with Crippen LogP contribution in [0.5, 0.6) is 0 Å². The molecule has 8 amide bonds. The van der Waals surface area contributed by atoms with Crippen LogP contribution in [0.4, 0.5) is 0 Å². The van der Waals surface area contributed by atoms with Crippen LogP contribution in [0.25, 0.3) is 0 Å². The first-order chi connectivity index (χ1) is 32.1. The van der Waals surface area contributed by atoms with Gasteiger partial charge < -0.3 is 51.5 Å². The Bertz CT molecular complexity index is 1670. The van der Waals surface area contributed by atoms with Gasteiger partial charge >= 0.3 is 0 Å². The second kappa shape index (κ2) is 24.0. The molecule has 5 aliphatic rings. The number of likely N-dealkylation sites (N-methyl/N-ethyl adjacent to an activating group) is 2. The van der Waals surface area contributed by atoms with Gasteiger partial charge in [-0.25, -0.2) is 0 Å². The van der Waals surface area contributed by atoms with Gasteiger partial charge in [0.15, 0.2) is 0 Å². The second-order valence-corrected chi connectivity index (χ2v) is 22.4. The van der Waals surface area contributed by atoms with Crippen LogP contribution in [-0.4, -0.2) is 169 Å². The highest BCUT2D eigenvalue weighted by Gasteiger charge is 2.47. The Morgan fingerprint density at radius 1 is 0.426 bits per heavy atom. The highest BCUT2D eigenvalue weighted by Crippen LogP contribution is 2.32. The number of rotatable bonds is 16. The van der Waals surface area contributed by atoms with E-state index in [0.717, 1.165) is 64.2 Å². The largest absolute Gasteiger partial charge is 0.342 e. The number of carbonyl (C=O) groups is 8. The minimum absolute atomic E-state index is 0.0742. The van der Waals surface area contributed by atoms with Crippen LogP contribution in [0, 0.1) is 22.7 Å². The van der Waals surface area contributed by atoms with Crippen molar-refractivity contribution in [2.24, 2.45) is 22.7 Å². The third-order valence-electron chi connectivity index (χ3n) is 15.4. The van der Waals surface area contributed by atoms with Gasteiger partial charge in [0.1, 0.15) is 36.3 Å². The fourth-order valence-electron chi connectivity index (χ4n) is 10.8. The van der Waals surface area contributed by atoms with Crippen LogP contribution in [-0.2, 0) is 38.4 Å². The van der Waals surface area contributed by atoms with Gasteiger partial charge in [-0.1, -0.05) is 80.1 Å². The molecule has 6 N–H and O–H groups in total. The van der Waals surface area contributed by atoms with Gasteiger partial charge in [0, 0.05) is 39.3 Å².